The Balaban J connectivity index is 1.72. The maximum Gasteiger partial charge on any atom is 0.290 e. The van der Waals surface area contributed by atoms with Gasteiger partial charge in [0.2, 0.25) is 5.76 Å². The zero-order valence-corrected chi connectivity index (χ0v) is 15.4. The summed E-state index contributed by atoms with van der Waals surface area (Å²) >= 11 is 0. The number of hydrogen-bond acceptors (Lipinski definition) is 5. The summed E-state index contributed by atoms with van der Waals surface area (Å²) in [5.41, 5.74) is 2.64. The number of carbonyl (C=O) groups is 1. The standard InChI is InChI=1S/C19H23N5O2/c1-12(2)9-15-10-17(26-23-15)19(25)22-13(3)16-11-21-24(14(16)4)18-7-5-6-8-20-18/h5-8,10-13H,9H2,1-4H3,(H,22,25). The third kappa shape index (κ3) is 3.82. The lowest BCUT2D eigenvalue weighted by atomic mass is 10.1. The third-order valence-electron chi connectivity index (χ3n) is 4.13. The molecule has 3 aromatic rings. The van der Waals surface area contributed by atoms with Crippen LogP contribution in [0.5, 0.6) is 0 Å². The molecule has 3 heterocycles. The number of nitrogens with zero attached hydrogens (tertiary/aromatic N) is 4. The van der Waals surface area contributed by atoms with Crippen LogP contribution in [0, 0.1) is 12.8 Å². The molecular formula is C19H23N5O2. The molecule has 0 fully saturated rings. The largest absolute Gasteiger partial charge is 0.351 e. The molecule has 0 saturated carbocycles. The molecular weight excluding hydrogens is 330 g/mol. The SMILES string of the molecule is Cc1c(C(C)NC(=O)c2cc(CC(C)C)no2)cnn1-c1ccccn1. The summed E-state index contributed by atoms with van der Waals surface area (Å²) in [6.07, 6.45) is 4.25. The zero-order valence-electron chi connectivity index (χ0n) is 15.4. The van der Waals surface area contributed by atoms with Gasteiger partial charge in [0.15, 0.2) is 5.82 Å². The van der Waals surface area contributed by atoms with Crippen LogP contribution in [0.4, 0.5) is 0 Å². The van der Waals surface area contributed by atoms with Gasteiger partial charge in [-0.25, -0.2) is 9.67 Å². The first kappa shape index (κ1) is 17.8. The molecule has 1 atom stereocenters. The fourth-order valence-corrected chi connectivity index (χ4v) is 2.84. The first-order valence-electron chi connectivity index (χ1n) is 8.68. The smallest absolute Gasteiger partial charge is 0.290 e. The molecule has 1 amide bonds. The number of nitrogens with one attached hydrogen (secondary N) is 1. The van der Waals surface area contributed by atoms with E-state index >= 15 is 0 Å². The molecule has 1 N–H and O–H groups in total. The molecule has 0 aliphatic heterocycles. The lowest BCUT2D eigenvalue weighted by Crippen LogP contribution is -2.26. The van der Waals surface area contributed by atoms with Crippen LogP contribution < -0.4 is 5.32 Å². The van der Waals surface area contributed by atoms with E-state index in [1.807, 2.05) is 32.0 Å². The number of hydrogen-bond donors (Lipinski definition) is 1. The Morgan fingerprint density at radius 3 is 2.81 bits per heavy atom. The number of amides is 1. The number of pyridine rings is 1. The molecule has 7 heteroatoms. The second kappa shape index (κ2) is 7.51. The first-order chi connectivity index (χ1) is 12.5. The van der Waals surface area contributed by atoms with Crippen LogP contribution in [0.25, 0.3) is 5.82 Å². The van der Waals surface area contributed by atoms with Gasteiger partial charge in [-0.15, -0.1) is 0 Å². The van der Waals surface area contributed by atoms with Gasteiger partial charge in [-0.1, -0.05) is 25.1 Å². The average Bonchev–Trinajstić information content (AvgIpc) is 3.22. The van der Waals surface area contributed by atoms with Crippen LogP contribution >= 0.6 is 0 Å². The van der Waals surface area contributed by atoms with Gasteiger partial charge in [0.1, 0.15) is 0 Å². The molecule has 0 aliphatic rings. The fraction of sp³-hybridized carbons (Fsp3) is 0.368. The van der Waals surface area contributed by atoms with E-state index in [0.29, 0.717) is 5.92 Å². The van der Waals surface area contributed by atoms with E-state index in [-0.39, 0.29) is 17.7 Å². The van der Waals surface area contributed by atoms with Crippen molar-refractivity contribution in [1.82, 2.24) is 25.2 Å². The minimum Gasteiger partial charge on any atom is -0.351 e. The molecule has 136 valence electrons. The Hall–Kier alpha value is -2.96. The highest BCUT2D eigenvalue weighted by atomic mass is 16.5. The summed E-state index contributed by atoms with van der Waals surface area (Å²) in [4.78, 5) is 16.7. The Labute approximate surface area is 152 Å². The van der Waals surface area contributed by atoms with E-state index in [2.05, 4.69) is 34.4 Å². The van der Waals surface area contributed by atoms with Crippen molar-refractivity contribution in [2.75, 3.05) is 0 Å². The summed E-state index contributed by atoms with van der Waals surface area (Å²) in [7, 11) is 0. The van der Waals surface area contributed by atoms with Gasteiger partial charge in [-0.3, -0.25) is 4.79 Å². The Kier molecular flexibility index (Phi) is 5.16. The quantitative estimate of drug-likeness (QED) is 0.735. The van der Waals surface area contributed by atoms with Crippen molar-refractivity contribution in [2.45, 2.75) is 40.2 Å². The lowest BCUT2D eigenvalue weighted by molar-refractivity contribution is 0.0902. The monoisotopic (exact) mass is 353 g/mol. The van der Waals surface area contributed by atoms with Gasteiger partial charge in [-0.05, 0) is 38.3 Å². The van der Waals surface area contributed by atoms with Gasteiger partial charge in [-0.2, -0.15) is 5.10 Å². The maximum atomic E-state index is 12.4. The van der Waals surface area contributed by atoms with Crippen molar-refractivity contribution in [3.05, 3.63) is 59.4 Å². The molecule has 26 heavy (non-hydrogen) atoms. The summed E-state index contributed by atoms with van der Waals surface area (Å²) < 4.78 is 6.93. The van der Waals surface area contributed by atoms with E-state index in [9.17, 15) is 4.79 Å². The number of carbonyl (C=O) groups excluding carboxylic acids is 1. The van der Waals surface area contributed by atoms with Gasteiger partial charge >= 0.3 is 0 Å². The van der Waals surface area contributed by atoms with Gasteiger partial charge in [0, 0.05) is 23.5 Å². The van der Waals surface area contributed by atoms with Crippen LogP contribution in [-0.4, -0.2) is 25.8 Å². The van der Waals surface area contributed by atoms with Crippen molar-refractivity contribution < 1.29 is 9.32 Å². The van der Waals surface area contributed by atoms with E-state index in [0.717, 1.165) is 29.2 Å². The van der Waals surface area contributed by atoms with Crippen LogP contribution in [0.3, 0.4) is 0 Å². The summed E-state index contributed by atoms with van der Waals surface area (Å²) in [6.45, 7) is 8.06. The minimum absolute atomic E-state index is 0.224. The fourth-order valence-electron chi connectivity index (χ4n) is 2.84. The van der Waals surface area contributed by atoms with E-state index < -0.39 is 0 Å². The predicted molar refractivity (Wildman–Crippen MR) is 97.0 cm³/mol. The van der Waals surface area contributed by atoms with E-state index in [1.165, 1.54) is 0 Å². The van der Waals surface area contributed by atoms with Crippen molar-refractivity contribution in [1.29, 1.82) is 0 Å². The Bertz CT molecular complexity index is 882. The van der Waals surface area contributed by atoms with E-state index in [1.54, 1.807) is 23.1 Å². The van der Waals surface area contributed by atoms with Crippen molar-refractivity contribution in [3.8, 4) is 5.82 Å². The van der Waals surface area contributed by atoms with Crippen molar-refractivity contribution >= 4 is 5.91 Å². The lowest BCUT2D eigenvalue weighted by Gasteiger charge is -2.12. The number of rotatable bonds is 6. The van der Waals surface area contributed by atoms with Crippen LogP contribution in [-0.2, 0) is 6.42 Å². The maximum absolute atomic E-state index is 12.4. The van der Waals surface area contributed by atoms with Crippen molar-refractivity contribution in [3.63, 3.8) is 0 Å². The molecule has 0 bridgehead atoms. The predicted octanol–water partition coefficient (Wildman–Crippen LogP) is 3.25. The molecule has 1 unspecified atom stereocenters. The van der Waals surface area contributed by atoms with Crippen LogP contribution in [0.15, 0.2) is 41.2 Å². The molecule has 0 aromatic carbocycles. The summed E-state index contributed by atoms with van der Waals surface area (Å²) in [5.74, 6) is 1.13. The van der Waals surface area contributed by atoms with Gasteiger partial charge in [0.05, 0.1) is 17.9 Å². The Morgan fingerprint density at radius 1 is 1.31 bits per heavy atom. The topological polar surface area (TPSA) is 85.8 Å². The van der Waals surface area contributed by atoms with Crippen LogP contribution in [0.1, 0.15) is 54.3 Å². The molecule has 0 radical (unpaired) electrons. The average molecular weight is 353 g/mol. The Morgan fingerprint density at radius 2 is 2.12 bits per heavy atom. The summed E-state index contributed by atoms with van der Waals surface area (Å²) in [5, 5.41) is 11.3. The molecule has 3 rings (SSSR count). The minimum atomic E-state index is -0.287. The van der Waals surface area contributed by atoms with Crippen LogP contribution in [0.2, 0.25) is 0 Å². The normalized spacial score (nSPS) is 12.3. The van der Waals surface area contributed by atoms with E-state index in [4.69, 9.17) is 4.52 Å². The third-order valence-corrected chi connectivity index (χ3v) is 4.13. The summed E-state index contributed by atoms with van der Waals surface area (Å²) in [6, 6.07) is 7.13. The highest BCUT2D eigenvalue weighted by Gasteiger charge is 2.20. The van der Waals surface area contributed by atoms with Gasteiger partial charge in [0.25, 0.3) is 5.91 Å². The molecule has 7 nitrogen and oxygen atoms in total. The first-order valence-corrected chi connectivity index (χ1v) is 8.68. The van der Waals surface area contributed by atoms with Crippen molar-refractivity contribution in [2.24, 2.45) is 5.92 Å². The second-order valence-electron chi connectivity index (χ2n) is 6.76. The number of aromatic nitrogens is 4. The highest BCUT2D eigenvalue weighted by Crippen LogP contribution is 2.20. The van der Waals surface area contributed by atoms with Gasteiger partial charge < -0.3 is 9.84 Å². The molecule has 3 aromatic heterocycles. The zero-order chi connectivity index (χ0) is 18.7. The molecule has 0 aliphatic carbocycles. The second-order valence-corrected chi connectivity index (χ2v) is 6.76. The molecule has 0 spiro atoms. The molecule has 0 saturated heterocycles. The highest BCUT2D eigenvalue weighted by molar-refractivity contribution is 5.91.